The van der Waals surface area contributed by atoms with Gasteiger partial charge in [0.15, 0.2) is 5.78 Å². The van der Waals surface area contributed by atoms with E-state index in [1.165, 1.54) is 0 Å². The standard InChI is InChI=1S/C23H22ClNO2/c1-23(2)13-19-22(20(26)14-23)18(15-7-4-3-5-8-15)12-21(27)25(19)17-10-6-9-16(24)11-17/h3-11,18H,12-14H2,1-2H3. The van der Waals surface area contributed by atoms with Gasteiger partial charge in [-0.1, -0.05) is 61.8 Å². The molecule has 0 bridgehead atoms. The van der Waals surface area contributed by atoms with Gasteiger partial charge in [0.05, 0.1) is 5.69 Å². The quantitative estimate of drug-likeness (QED) is 0.690. The molecule has 1 atom stereocenters. The molecule has 27 heavy (non-hydrogen) atoms. The summed E-state index contributed by atoms with van der Waals surface area (Å²) in [5.74, 6) is -0.0160. The third-order valence-electron chi connectivity index (χ3n) is 5.41. The minimum absolute atomic E-state index is 0.00960. The van der Waals surface area contributed by atoms with Crippen LogP contribution in [-0.2, 0) is 9.59 Å². The molecule has 4 rings (SSSR count). The molecule has 0 saturated carbocycles. The molecule has 4 heteroatoms. The second-order valence-electron chi connectivity index (χ2n) is 8.18. The zero-order chi connectivity index (χ0) is 19.2. The number of allylic oxidation sites excluding steroid dienone is 2. The van der Waals surface area contributed by atoms with Crippen molar-refractivity contribution >= 4 is 29.0 Å². The van der Waals surface area contributed by atoms with E-state index in [2.05, 4.69) is 13.8 Å². The molecule has 0 fully saturated rings. The average molecular weight is 380 g/mol. The van der Waals surface area contributed by atoms with Crippen LogP contribution in [0.3, 0.4) is 0 Å². The summed E-state index contributed by atoms with van der Waals surface area (Å²) in [5.41, 5.74) is 3.21. The lowest BCUT2D eigenvalue weighted by Gasteiger charge is -2.43. The number of ketones is 1. The number of nitrogens with zero attached hydrogens (tertiary/aromatic N) is 1. The minimum Gasteiger partial charge on any atom is -0.294 e. The van der Waals surface area contributed by atoms with Crippen LogP contribution < -0.4 is 4.90 Å². The van der Waals surface area contributed by atoms with Crippen LogP contribution in [0.4, 0.5) is 5.69 Å². The number of Topliss-reactive ketones (excluding diaryl/α,β-unsaturated/α-hetero) is 1. The Morgan fingerprint density at radius 2 is 1.74 bits per heavy atom. The molecule has 1 aliphatic heterocycles. The third kappa shape index (κ3) is 3.32. The van der Waals surface area contributed by atoms with Gasteiger partial charge in [0.25, 0.3) is 0 Å². The van der Waals surface area contributed by atoms with Crippen molar-refractivity contribution in [3.63, 3.8) is 0 Å². The number of amides is 1. The minimum atomic E-state index is -0.175. The summed E-state index contributed by atoms with van der Waals surface area (Å²) >= 11 is 6.18. The van der Waals surface area contributed by atoms with Crippen LogP contribution in [-0.4, -0.2) is 11.7 Å². The van der Waals surface area contributed by atoms with Crippen molar-refractivity contribution < 1.29 is 9.59 Å². The average Bonchev–Trinajstić information content (AvgIpc) is 2.60. The fraction of sp³-hybridized carbons (Fsp3) is 0.304. The molecule has 0 saturated heterocycles. The highest BCUT2D eigenvalue weighted by atomic mass is 35.5. The first kappa shape index (κ1) is 18.0. The second-order valence-corrected chi connectivity index (χ2v) is 8.61. The Morgan fingerprint density at radius 1 is 1.00 bits per heavy atom. The van der Waals surface area contributed by atoms with Gasteiger partial charge in [-0.15, -0.1) is 0 Å². The van der Waals surface area contributed by atoms with Crippen LogP contribution in [0.25, 0.3) is 0 Å². The molecule has 2 aromatic carbocycles. The highest BCUT2D eigenvalue weighted by molar-refractivity contribution is 6.31. The lowest BCUT2D eigenvalue weighted by atomic mass is 9.69. The van der Waals surface area contributed by atoms with Gasteiger partial charge in [-0.2, -0.15) is 0 Å². The van der Waals surface area contributed by atoms with E-state index >= 15 is 0 Å². The molecule has 1 amide bonds. The van der Waals surface area contributed by atoms with Crippen molar-refractivity contribution in [1.29, 1.82) is 0 Å². The monoisotopic (exact) mass is 379 g/mol. The van der Waals surface area contributed by atoms with Gasteiger partial charge in [0.1, 0.15) is 0 Å². The second kappa shape index (κ2) is 6.65. The first-order valence-corrected chi connectivity index (χ1v) is 9.63. The summed E-state index contributed by atoms with van der Waals surface area (Å²) in [7, 11) is 0. The third-order valence-corrected chi connectivity index (χ3v) is 5.65. The van der Waals surface area contributed by atoms with Crippen molar-refractivity contribution in [2.24, 2.45) is 5.41 Å². The number of hydrogen-bond acceptors (Lipinski definition) is 2. The Hall–Kier alpha value is -2.39. The van der Waals surface area contributed by atoms with Crippen molar-refractivity contribution in [3.8, 4) is 0 Å². The number of carbonyl (C=O) groups excluding carboxylic acids is 2. The number of benzene rings is 2. The zero-order valence-electron chi connectivity index (χ0n) is 15.5. The van der Waals surface area contributed by atoms with Gasteiger partial charge in [-0.05, 0) is 35.6 Å². The first-order valence-electron chi connectivity index (χ1n) is 9.25. The zero-order valence-corrected chi connectivity index (χ0v) is 16.3. The van der Waals surface area contributed by atoms with Crippen molar-refractivity contribution in [2.45, 2.75) is 39.0 Å². The van der Waals surface area contributed by atoms with E-state index in [0.29, 0.717) is 24.3 Å². The van der Waals surface area contributed by atoms with Gasteiger partial charge >= 0.3 is 0 Å². The van der Waals surface area contributed by atoms with Crippen LogP contribution in [0, 0.1) is 5.41 Å². The maximum absolute atomic E-state index is 13.2. The summed E-state index contributed by atoms with van der Waals surface area (Å²) in [6.45, 7) is 4.17. The van der Waals surface area contributed by atoms with E-state index < -0.39 is 0 Å². The predicted octanol–water partition coefficient (Wildman–Crippen LogP) is 5.50. The topological polar surface area (TPSA) is 37.4 Å². The molecule has 1 unspecified atom stereocenters. The maximum atomic E-state index is 13.2. The van der Waals surface area contributed by atoms with E-state index in [9.17, 15) is 9.59 Å². The number of halogens is 1. The summed E-state index contributed by atoms with van der Waals surface area (Å²) in [6, 6.07) is 17.2. The van der Waals surface area contributed by atoms with E-state index in [1.807, 2.05) is 42.5 Å². The first-order chi connectivity index (χ1) is 12.9. The number of hydrogen-bond donors (Lipinski definition) is 0. The summed E-state index contributed by atoms with van der Waals surface area (Å²) < 4.78 is 0. The maximum Gasteiger partial charge on any atom is 0.232 e. The highest BCUT2D eigenvalue weighted by Gasteiger charge is 2.44. The number of anilines is 1. The smallest absolute Gasteiger partial charge is 0.232 e. The summed E-state index contributed by atoms with van der Waals surface area (Å²) in [6.07, 6.45) is 1.49. The Labute approximate surface area is 164 Å². The van der Waals surface area contributed by atoms with Crippen LogP contribution in [0.2, 0.25) is 5.02 Å². The lowest BCUT2D eigenvalue weighted by molar-refractivity contribution is -0.121. The van der Waals surface area contributed by atoms with Crippen molar-refractivity contribution in [1.82, 2.24) is 0 Å². The Bertz CT molecular complexity index is 946. The van der Waals surface area contributed by atoms with Gasteiger partial charge in [0.2, 0.25) is 5.91 Å². The molecule has 1 aliphatic carbocycles. The molecular formula is C23H22ClNO2. The van der Waals surface area contributed by atoms with E-state index in [1.54, 1.807) is 17.0 Å². The molecular weight excluding hydrogens is 358 g/mol. The highest BCUT2D eigenvalue weighted by Crippen LogP contribution is 2.48. The van der Waals surface area contributed by atoms with Gasteiger partial charge in [-0.3, -0.25) is 14.5 Å². The SMILES string of the molecule is CC1(C)CC(=O)C2=C(C1)N(c1cccc(Cl)c1)C(=O)CC2c1ccccc1. The van der Waals surface area contributed by atoms with Gasteiger partial charge in [-0.25, -0.2) is 0 Å². The molecule has 1 heterocycles. The molecule has 3 nitrogen and oxygen atoms in total. The molecule has 0 N–H and O–H groups in total. The normalized spacial score (nSPS) is 22.0. The van der Waals surface area contributed by atoms with Crippen LogP contribution in [0.1, 0.15) is 44.6 Å². The van der Waals surface area contributed by atoms with Gasteiger partial charge in [0, 0.05) is 35.1 Å². The summed E-state index contributed by atoms with van der Waals surface area (Å²) in [5, 5.41) is 0.578. The molecule has 0 aromatic heterocycles. The van der Waals surface area contributed by atoms with Gasteiger partial charge < -0.3 is 0 Å². The number of rotatable bonds is 2. The fourth-order valence-electron chi connectivity index (χ4n) is 4.30. The van der Waals surface area contributed by atoms with Crippen LogP contribution in [0.5, 0.6) is 0 Å². The molecule has 2 aliphatic rings. The van der Waals surface area contributed by atoms with Crippen molar-refractivity contribution in [3.05, 3.63) is 76.5 Å². The largest absolute Gasteiger partial charge is 0.294 e. The van der Waals surface area contributed by atoms with Crippen molar-refractivity contribution in [2.75, 3.05) is 4.90 Å². The molecule has 2 aromatic rings. The molecule has 0 spiro atoms. The van der Waals surface area contributed by atoms with E-state index in [4.69, 9.17) is 11.6 Å². The Morgan fingerprint density at radius 3 is 2.44 bits per heavy atom. The Kier molecular flexibility index (Phi) is 4.43. The van der Waals surface area contributed by atoms with E-state index in [-0.39, 0.29) is 23.0 Å². The molecule has 0 radical (unpaired) electrons. The van der Waals surface area contributed by atoms with E-state index in [0.717, 1.165) is 22.5 Å². The Balaban J connectivity index is 1.91. The van der Waals surface area contributed by atoms with Crippen LogP contribution >= 0.6 is 11.6 Å². The number of carbonyl (C=O) groups is 2. The lowest BCUT2D eigenvalue weighted by Crippen LogP contribution is -2.43. The predicted molar refractivity (Wildman–Crippen MR) is 108 cm³/mol. The fourth-order valence-corrected chi connectivity index (χ4v) is 4.48. The van der Waals surface area contributed by atoms with Crippen LogP contribution in [0.15, 0.2) is 65.9 Å². The summed E-state index contributed by atoms with van der Waals surface area (Å²) in [4.78, 5) is 28.1. The molecule has 138 valence electrons.